The van der Waals surface area contributed by atoms with Crippen molar-refractivity contribution in [3.63, 3.8) is 0 Å². The minimum atomic E-state index is -0.586. The highest BCUT2D eigenvalue weighted by Gasteiger charge is 2.13. The van der Waals surface area contributed by atoms with Gasteiger partial charge in [-0.2, -0.15) is 9.61 Å². The fraction of sp³-hybridized carbons (Fsp3) is 0.500. The van der Waals surface area contributed by atoms with Crippen LogP contribution in [0.2, 0.25) is 0 Å². The third-order valence-electron chi connectivity index (χ3n) is 1.63. The second-order valence-corrected chi connectivity index (χ2v) is 3.58. The first-order chi connectivity index (χ1) is 6.31. The van der Waals surface area contributed by atoms with Gasteiger partial charge in [0.15, 0.2) is 0 Å². The van der Waals surface area contributed by atoms with Crippen molar-refractivity contribution in [3.05, 3.63) is 11.3 Å². The topological polar surface area (TPSA) is 89.3 Å². The fourth-order valence-corrected chi connectivity index (χ4v) is 1.83. The lowest BCUT2D eigenvalue weighted by atomic mass is 10.3. The van der Waals surface area contributed by atoms with Gasteiger partial charge in [0.25, 0.3) is 0 Å². The number of hydrogen-bond donors (Lipinski definition) is 2. The number of aliphatic hydroxyl groups is 1. The molecule has 3 N–H and O–H groups in total. The van der Waals surface area contributed by atoms with Gasteiger partial charge in [0.05, 0.1) is 0 Å². The normalized spacial score (nSPS) is 13.7. The molecule has 2 aromatic rings. The summed E-state index contributed by atoms with van der Waals surface area (Å²) >= 11 is 1.32. The van der Waals surface area contributed by atoms with Crippen LogP contribution in [-0.2, 0) is 0 Å². The Hall–Kier alpha value is -1.05. The van der Waals surface area contributed by atoms with Crippen molar-refractivity contribution in [1.29, 1.82) is 0 Å². The van der Waals surface area contributed by atoms with Crippen LogP contribution in [0.25, 0.3) is 4.96 Å². The molecular formula is C6H9N5OS. The van der Waals surface area contributed by atoms with Crippen LogP contribution >= 0.6 is 11.3 Å². The quantitative estimate of drug-likeness (QED) is 0.700. The van der Waals surface area contributed by atoms with Crippen molar-refractivity contribution >= 4 is 16.3 Å². The van der Waals surface area contributed by atoms with E-state index >= 15 is 0 Å². The summed E-state index contributed by atoms with van der Waals surface area (Å²) in [6.07, 6.45) is 1.44. The molecular weight excluding hydrogens is 190 g/mol. The molecule has 0 aliphatic rings. The molecule has 2 heterocycles. The number of nitrogens with zero attached hydrogens (tertiary/aromatic N) is 4. The minimum Gasteiger partial charge on any atom is -0.386 e. The Labute approximate surface area is 78.0 Å². The van der Waals surface area contributed by atoms with Crippen molar-refractivity contribution in [3.8, 4) is 0 Å². The summed E-state index contributed by atoms with van der Waals surface area (Å²) in [5, 5.41) is 21.7. The average molecular weight is 199 g/mol. The van der Waals surface area contributed by atoms with E-state index < -0.39 is 6.10 Å². The summed E-state index contributed by atoms with van der Waals surface area (Å²) in [6, 6.07) is 0. The first kappa shape index (κ1) is 8.54. The molecule has 7 heteroatoms. The Morgan fingerprint density at radius 1 is 1.69 bits per heavy atom. The fourth-order valence-electron chi connectivity index (χ4n) is 0.991. The monoisotopic (exact) mass is 199 g/mol. The molecule has 0 saturated heterocycles. The molecule has 0 bridgehead atoms. The van der Waals surface area contributed by atoms with Gasteiger partial charge in [0, 0.05) is 0 Å². The van der Waals surface area contributed by atoms with Gasteiger partial charge >= 0.3 is 0 Å². The largest absolute Gasteiger partial charge is 0.386 e. The summed E-state index contributed by atoms with van der Waals surface area (Å²) in [5.74, 6) is 0. The van der Waals surface area contributed by atoms with Crippen molar-refractivity contribution in [2.24, 2.45) is 5.73 Å². The number of hydrogen-bond acceptors (Lipinski definition) is 6. The van der Waals surface area contributed by atoms with Gasteiger partial charge in [-0.05, 0) is 13.0 Å². The van der Waals surface area contributed by atoms with Crippen molar-refractivity contribution in [1.82, 2.24) is 19.8 Å². The third-order valence-corrected chi connectivity index (χ3v) is 2.64. The van der Waals surface area contributed by atoms with E-state index in [0.717, 1.165) is 0 Å². The summed E-state index contributed by atoms with van der Waals surface area (Å²) in [6.45, 7) is 0.446. The SMILES string of the molecule is NCCC(O)c1nn2cnnc2s1. The van der Waals surface area contributed by atoms with Crippen molar-refractivity contribution in [2.45, 2.75) is 12.5 Å². The van der Waals surface area contributed by atoms with Crippen LogP contribution in [0.4, 0.5) is 0 Å². The maximum atomic E-state index is 9.55. The van der Waals surface area contributed by atoms with Gasteiger partial charge in [-0.25, -0.2) is 0 Å². The zero-order valence-corrected chi connectivity index (χ0v) is 7.61. The van der Waals surface area contributed by atoms with Gasteiger partial charge in [-0.15, -0.1) is 10.2 Å². The molecule has 0 aliphatic heterocycles. The third kappa shape index (κ3) is 1.53. The highest BCUT2D eigenvalue weighted by Crippen LogP contribution is 2.20. The smallest absolute Gasteiger partial charge is 0.234 e. The molecule has 0 spiro atoms. The molecule has 13 heavy (non-hydrogen) atoms. The molecule has 0 aliphatic carbocycles. The first-order valence-corrected chi connectivity index (χ1v) is 4.68. The van der Waals surface area contributed by atoms with Gasteiger partial charge in [-0.1, -0.05) is 11.3 Å². The molecule has 0 amide bonds. The van der Waals surface area contributed by atoms with Crippen LogP contribution in [0.15, 0.2) is 6.33 Å². The minimum absolute atomic E-state index is 0.446. The lowest BCUT2D eigenvalue weighted by Gasteiger charge is -2.02. The predicted molar refractivity (Wildman–Crippen MR) is 47.3 cm³/mol. The Morgan fingerprint density at radius 3 is 3.23 bits per heavy atom. The molecule has 2 aromatic heterocycles. The first-order valence-electron chi connectivity index (χ1n) is 3.86. The zero-order chi connectivity index (χ0) is 9.26. The van der Waals surface area contributed by atoms with Crippen LogP contribution in [0.5, 0.6) is 0 Å². The molecule has 1 atom stereocenters. The Kier molecular flexibility index (Phi) is 2.21. The second-order valence-electron chi connectivity index (χ2n) is 2.59. The molecule has 0 fully saturated rings. The predicted octanol–water partition coefficient (Wildman–Crippen LogP) is -0.432. The van der Waals surface area contributed by atoms with E-state index in [9.17, 15) is 5.11 Å². The maximum Gasteiger partial charge on any atom is 0.234 e. The second kappa shape index (κ2) is 3.36. The van der Waals surface area contributed by atoms with Crippen LogP contribution < -0.4 is 5.73 Å². The number of nitrogens with two attached hydrogens (primary N) is 1. The standard InChI is InChI=1S/C6H9N5OS/c7-2-1-4(12)5-10-11-3-8-9-6(11)13-5/h3-4,12H,1-2,7H2. The van der Waals surface area contributed by atoms with Gasteiger partial charge in [0.1, 0.15) is 17.4 Å². The highest BCUT2D eigenvalue weighted by molar-refractivity contribution is 7.16. The van der Waals surface area contributed by atoms with E-state index in [1.54, 1.807) is 4.52 Å². The molecule has 1 unspecified atom stereocenters. The average Bonchev–Trinajstić information content (AvgIpc) is 2.61. The van der Waals surface area contributed by atoms with Crippen molar-refractivity contribution in [2.75, 3.05) is 6.54 Å². The highest BCUT2D eigenvalue weighted by atomic mass is 32.1. The Balaban J connectivity index is 2.28. The van der Waals surface area contributed by atoms with E-state index in [1.165, 1.54) is 17.7 Å². The van der Waals surface area contributed by atoms with Gasteiger partial charge < -0.3 is 10.8 Å². The molecule has 2 rings (SSSR count). The molecule has 6 nitrogen and oxygen atoms in total. The molecule has 0 radical (unpaired) electrons. The number of aromatic nitrogens is 4. The lowest BCUT2D eigenvalue weighted by Crippen LogP contribution is -2.06. The zero-order valence-electron chi connectivity index (χ0n) is 6.79. The van der Waals surface area contributed by atoms with Crippen LogP contribution in [0.3, 0.4) is 0 Å². The lowest BCUT2D eigenvalue weighted by molar-refractivity contribution is 0.168. The van der Waals surface area contributed by atoms with Gasteiger partial charge in [0.2, 0.25) is 4.96 Å². The van der Waals surface area contributed by atoms with E-state index in [-0.39, 0.29) is 0 Å². The Morgan fingerprint density at radius 2 is 2.54 bits per heavy atom. The summed E-state index contributed by atoms with van der Waals surface area (Å²) < 4.78 is 1.54. The van der Waals surface area contributed by atoms with Gasteiger partial charge in [-0.3, -0.25) is 0 Å². The van der Waals surface area contributed by atoms with E-state index in [1.807, 2.05) is 0 Å². The molecule has 70 valence electrons. The van der Waals surface area contributed by atoms with Crippen LogP contribution in [0.1, 0.15) is 17.5 Å². The molecule has 0 saturated carbocycles. The van der Waals surface area contributed by atoms with E-state index in [0.29, 0.717) is 22.9 Å². The Bertz CT molecular complexity index is 368. The van der Waals surface area contributed by atoms with E-state index in [2.05, 4.69) is 15.3 Å². The van der Waals surface area contributed by atoms with E-state index in [4.69, 9.17) is 5.73 Å². The number of aliphatic hydroxyl groups excluding tert-OH is 1. The van der Waals surface area contributed by atoms with Crippen LogP contribution in [-0.4, -0.2) is 31.5 Å². The number of rotatable bonds is 3. The summed E-state index contributed by atoms with van der Waals surface area (Å²) in [5.41, 5.74) is 5.32. The maximum absolute atomic E-state index is 9.55. The van der Waals surface area contributed by atoms with Crippen molar-refractivity contribution < 1.29 is 5.11 Å². The number of fused-ring (bicyclic) bond motifs is 1. The summed E-state index contributed by atoms with van der Waals surface area (Å²) in [7, 11) is 0. The summed E-state index contributed by atoms with van der Waals surface area (Å²) in [4.78, 5) is 0.686. The molecule has 0 aromatic carbocycles. The van der Waals surface area contributed by atoms with Crippen LogP contribution in [0, 0.1) is 0 Å².